The molecule has 0 bridgehead atoms. The van der Waals surface area contributed by atoms with Crippen molar-refractivity contribution < 1.29 is 19.1 Å². The van der Waals surface area contributed by atoms with E-state index in [1.165, 1.54) is 0 Å². The molecule has 0 radical (unpaired) electrons. The van der Waals surface area contributed by atoms with Gasteiger partial charge in [0.15, 0.2) is 0 Å². The van der Waals surface area contributed by atoms with Crippen molar-refractivity contribution >= 4 is 11.9 Å². The van der Waals surface area contributed by atoms with Gasteiger partial charge in [0.25, 0.3) is 0 Å². The molecule has 17 heavy (non-hydrogen) atoms. The van der Waals surface area contributed by atoms with Gasteiger partial charge in [0.05, 0.1) is 25.2 Å². The Morgan fingerprint density at radius 1 is 1.47 bits per heavy atom. The van der Waals surface area contributed by atoms with Crippen molar-refractivity contribution in [1.29, 1.82) is 0 Å². The van der Waals surface area contributed by atoms with E-state index < -0.39 is 0 Å². The summed E-state index contributed by atoms with van der Waals surface area (Å²) in [5.74, 6) is -0.217. The molecule has 0 aromatic heterocycles. The lowest BCUT2D eigenvalue weighted by atomic mass is 10.1. The Kier molecular flexibility index (Phi) is 5.97. The molecule has 5 heteroatoms. The number of nitrogens with one attached hydrogen (secondary N) is 1. The number of esters is 1. The molecule has 2 unspecified atom stereocenters. The number of hydrogen-bond donors (Lipinski definition) is 1. The van der Waals surface area contributed by atoms with Crippen LogP contribution in [0, 0.1) is 5.92 Å². The highest BCUT2D eigenvalue weighted by molar-refractivity contribution is 5.79. The summed E-state index contributed by atoms with van der Waals surface area (Å²) in [6.07, 6.45) is 1.92. The SMILES string of the molecule is CCOC(=O)CCCNC(=O)C1COC(C)C1. The van der Waals surface area contributed by atoms with E-state index in [1.54, 1.807) is 6.92 Å². The Balaban J connectivity index is 2.06. The Bertz CT molecular complexity index is 267. The molecule has 0 aromatic rings. The van der Waals surface area contributed by atoms with Crippen LogP contribution in [0.5, 0.6) is 0 Å². The zero-order valence-electron chi connectivity index (χ0n) is 10.5. The third-order valence-corrected chi connectivity index (χ3v) is 2.73. The molecule has 1 rings (SSSR count). The summed E-state index contributed by atoms with van der Waals surface area (Å²) in [6, 6.07) is 0. The van der Waals surface area contributed by atoms with Crippen LogP contribution >= 0.6 is 0 Å². The van der Waals surface area contributed by atoms with E-state index in [0.29, 0.717) is 32.6 Å². The minimum absolute atomic E-state index is 0.0261. The summed E-state index contributed by atoms with van der Waals surface area (Å²) in [6.45, 7) is 5.17. The van der Waals surface area contributed by atoms with Crippen LogP contribution in [0.4, 0.5) is 0 Å². The number of rotatable bonds is 6. The Morgan fingerprint density at radius 3 is 2.82 bits per heavy atom. The highest BCUT2D eigenvalue weighted by Crippen LogP contribution is 2.18. The third-order valence-electron chi connectivity index (χ3n) is 2.73. The molecule has 0 aromatic carbocycles. The summed E-state index contributed by atoms with van der Waals surface area (Å²) in [5.41, 5.74) is 0. The lowest BCUT2D eigenvalue weighted by Gasteiger charge is -2.09. The maximum absolute atomic E-state index is 11.7. The molecular formula is C12H21NO4. The summed E-state index contributed by atoms with van der Waals surface area (Å²) < 4.78 is 10.1. The molecule has 1 saturated heterocycles. The van der Waals surface area contributed by atoms with Crippen molar-refractivity contribution in [2.45, 2.75) is 39.2 Å². The van der Waals surface area contributed by atoms with Gasteiger partial charge in [0, 0.05) is 13.0 Å². The van der Waals surface area contributed by atoms with Gasteiger partial charge in [-0.3, -0.25) is 9.59 Å². The largest absolute Gasteiger partial charge is 0.466 e. The van der Waals surface area contributed by atoms with E-state index in [1.807, 2.05) is 6.92 Å². The lowest BCUT2D eigenvalue weighted by molar-refractivity contribution is -0.143. The van der Waals surface area contributed by atoms with Crippen molar-refractivity contribution in [2.75, 3.05) is 19.8 Å². The van der Waals surface area contributed by atoms with Crippen molar-refractivity contribution in [3.63, 3.8) is 0 Å². The number of carbonyl (C=O) groups excluding carboxylic acids is 2. The maximum atomic E-state index is 11.7. The van der Waals surface area contributed by atoms with Crippen molar-refractivity contribution in [3.05, 3.63) is 0 Å². The summed E-state index contributed by atoms with van der Waals surface area (Å²) in [4.78, 5) is 22.7. The van der Waals surface area contributed by atoms with Crippen LogP contribution in [0.1, 0.15) is 33.1 Å². The van der Waals surface area contributed by atoms with Crippen molar-refractivity contribution in [2.24, 2.45) is 5.92 Å². The van der Waals surface area contributed by atoms with Crippen LogP contribution in [0.2, 0.25) is 0 Å². The van der Waals surface area contributed by atoms with Crippen molar-refractivity contribution in [3.8, 4) is 0 Å². The molecule has 1 aliphatic heterocycles. The van der Waals surface area contributed by atoms with Crippen LogP contribution in [0.3, 0.4) is 0 Å². The van der Waals surface area contributed by atoms with E-state index in [0.717, 1.165) is 6.42 Å². The second-order valence-electron chi connectivity index (χ2n) is 4.28. The average Bonchev–Trinajstić information content (AvgIpc) is 2.71. The van der Waals surface area contributed by atoms with Gasteiger partial charge < -0.3 is 14.8 Å². The lowest BCUT2D eigenvalue weighted by Crippen LogP contribution is -2.32. The second kappa shape index (κ2) is 7.27. The van der Waals surface area contributed by atoms with E-state index in [2.05, 4.69) is 5.32 Å². The molecule has 1 N–H and O–H groups in total. The molecule has 2 atom stereocenters. The first-order chi connectivity index (χ1) is 8.13. The Hall–Kier alpha value is -1.10. The van der Waals surface area contributed by atoms with Gasteiger partial charge >= 0.3 is 5.97 Å². The predicted octanol–water partition coefficient (Wildman–Crippen LogP) is 0.871. The highest BCUT2D eigenvalue weighted by Gasteiger charge is 2.27. The average molecular weight is 243 g/mol. The Labute approximate surface area is 102 Å². The summed E-state index contributed by atoms with van der Waals surface area (Å²) >= 11 is 0. The first-order valence-electron chi connectivity index (χ1n) is 6.18. The van der Waals surface area contributed by atoms with Gasteiger partial charge in [0.2, 0.25) is 5.91 Å². The van der Waals surface area contributed by atoms with Gasteiger partial charge in [-0.2, -0.15) is 0 Å². The minimum Gasteiger partial charge on any atom is -0.466 e. The zero-order valence-corrected chi connectivity index (χ0v) is 10.5. The molecule has 98 valence electrons. The topological polar surface area (TPSA) is 64.6 Å². The minimum atomic E-state index is -0.209. The van der Waals surface area contributed by atoms with Crippen LogP contribution in [-0.2, 0) is 19.1 Å². The van der Waals surface area contributed by atoms with E-state index in [4.69, 9.17) is 9.47 Å². The number of hydrogen-bond acceptors (Lipinski definition) is 4. The summed E-state index contributed by atoms with van der Waals surface area (Å²) in [5, 5.41) is 2.82. The van der Waals surface area contributed by atoms with Crippen LogP contribution < -0.4 is 5.32 Å². The normalized spacial score (nSPS) is 23.4. The monoisotopic (exact) mass is 243 g/mol. The van der Waals surface area contributed by atoms with Crippen LogP contribution in [-0.4, -0.2) is 37.7 Å². The van der Waals surface area contributed by atoms with Gasteiger partial charge in [0.1, 0.15) is 0 Å². The molecule has 0 aliphatic carbocycles. The second-order valence-corrected chi connectivity index (χ2v) is 4.28. The molecule has 1 heterocycles. The summed E-state index contributed by atoms with van der Waals surface area (Å²) in [7, 11) is 0. The fraction of sp³-hybridized carbons (Fsp3) is 0.833. The molecular weight excluding hydrogens is 222 g/mol. The zero-order chi connectivity index (χ0) is 12.7. The number of carbonyl (C=O) groups is 2. The van der Waals surface area contributed by atoms with Gasteiger partial charge in [-0.05, 0) is 26.7 Å². The number of amides is 1. The van der Waals surface area contributed by atoms with Gasteiger partial charge in [-0.25, -0.2) is 0 Å². The van der Waals surface area contributed by atoms with Crippen molar-refractivity contribution in [1.82, 2.24) is 5.32 Å². The molecule has 1 fully saturated rings. The van der Waals surface area contributed by atoms with Gasteiger partial charge in [-0.15, -0.1) is 0 Å². The molecule has 1 amide bonds. The first-order valence-corrected chi connectivity index (χ1v) is 6.18. The molecule has 1 aliphatic rings. The molecule has 0 spiro atoms. The third kappa shape index (κ3) is 5.17. The smallest absolute Gasteiger partial charge is 0.305 e. The Morgan fingerprint density at radius 2 is 2.24 bits per heavy atom. The predicted molar refractivity (Wildman–Crippen MR) is 62.4 cm³/mol. The maximum Gasteiger partial charge on any atom is 0.305 e. The van der Waals surface area contributed by atoms with Crippen LogP contribution in [0.25, 0.3) is 0 Å². The fourth-order valence-corrected chi connectivity index (χ4v) is 1.82. The number of ether oxygens (including phenoxy) is 2. The van der Waals surface area contributed by atoms with E-state index >= 15 is 0 Å². The van der Waals surface area contributed by atoms with E-state index in [-0.39, 0.29) is 23.9 Å². The standard InChI is InChI=1S/C12H21NO4/c1-3-16-11(14)5-4-6-13-12(15)10-7-9(2)17-8-10/h9-10H,3-8H2,1-2H3,(H,13,15). The van der Waals surface area contributed by atoms with E-state index in [9.17, 15) is 9.59 Å². The fourth-order valence-electron chi connectivity index (χ4n) is 1.82. The van der Waals surface area contributed by atoms with Gasteiger partial charge in [-0.1, -0.05) is 0 Å². The molecule has 0 saturated carbocycles. The quantitative estimate of drug-likeness (QED) is 0.555. The first kappa shape index (κ1) is 14.0. The highest BCUT2D eigenvalue weighted by atomic mass is 16.5. The van der Waals surface area contributed by atoms with Crippen LogP contribution in [0.15, 0.2) is 0 Å². The molecule has 5 nitrogen and oxygen atoms in total.